The van der Waals surface area contributed by atoms with E-state index in [0.717, 1.165) is 25.3 Å². The summed E-state index contributed by atoms with van der Waals surface area (Å²) in [6, 6.07) is 11.7. The molecule has 0 spiro atoms. The second-order valence-corrected chi connectivity index (χ2v) is 7.16. The summed E-state index contributed by atoms with van der Waals surface area (Å²) in [5.41, 5.74) is 0. The van der Waals surface area contributed by atoms with Crippen LogP contribution < -0.4 is 10.1 Å². The minimum atomic E-state index is 0.174. The lowest BCUT2D eigenvalue weighted by atomic mass is 9.78. The Morgan fingerprint density at radius 2 is 2.04 bits per heavy atom. The molecule has 1 aliphatic heterocycles. The van der Waals surface area contributed by atoms with Crippen LogP contribution in [-0.2, 0) is 4.79 Å². The SMILES string of the molecule is CC(=O)N1CC2CCCC(Nc3nccc(Oc4ccccc4)n3)C2C1. The number of carbonyl (C=O) groups excluding carboxylic acids is 1. The number of aromatic nitrogens is 2. The molecular formula is C20H24N4O2. The topological polar surface area (TPSA) is 67.4 Å². The van der Waals surface area contributed by atoms with E-state index in [1.165, 1.54) is 12.8 Å². The van der Waals surface area contributed by atoms with E-state index in [4.69, 9.17) is 4.74 Å². The fraction of sp³-hybridized carbons (Fsp3) is 0.450. The average molecular weight is 352 g/mol. The third-order valence-electron chi connectivity index (χ3n) is 5.45. The van der Waals surface area contributed by atoms with Gasteiger partial charge in [0, 0.05) is 44.2 Å². The fourth-order valence-corrected chi connectivity index (χ4v) is 4.15. The van der Waals surface area contributed by atoms with Crippen LogP contribution >= 0.6 is 0 Å². The summed E-state index contributed by atoms with van der Waals surface area (Å²) in [5.74, 6) is 3.09. The van der Waals surface area contributed by atoms with Gasteiger partial charge < -0.3 is 15.0 Å². The van der Waals surface area contributed by atoms with Crippen LogP contribution in [0.5, 0.6) is 11.6 Å². The number of likely N-dealkylation sites (tertiary alicyclic amines) is 1. The zero-order chi connectivity index (χ0) is 17.9. The van der Waals surface area contributed by atoms with Crippen LogP contribution in [0.1, 0.15) is 26.2 Å². The van der Waals surface area contributed by atoms with Crippen LogP contribution in [0.25, 0.3) is 0 Å². The second-order valence-electron chi connectivity index (χ2n) is 7.16. The molecule has 1 amide bonds. The first-order chi connectivity index (χ1) is 12.7. The number of rotatable bonds is 4. The van der Waals surface area contributed by atoms with Gasteiger partial charge in [-0.2, -0.15) is 4.98 Å². The molecule has 4 rings (SSSR count). The third kappa shape index (κ3) is 3.64. The molecule has 0 radical (unpaired) electrons. The number of para-hydroxylation sites is 1. The highest BCUT2D eigenvalue weighted by molar-refractivity contribution is 5.73. The first-order valence-electron chi connectivity index (χ1n) is 9.27. The monoisotopic (exact) mass is 352 g/mol. The number of fused-ring (bicyclic) bond motifs is 1. The van der Waals surface area contributed by atoms with E-state index in [1.54, 1.807) is 19.2 Å². The van der Waals surface area contributed by atoms with Crippen molar-refractivity contribution in [3.63, 3.8) is 0 Å². The van der Waals surface area contributed by atoms with Crippen LogP contribution in [-0.4, -0.2) is 39.9 Å². The number of nitrogens with one attached hydrogen (secondary N) is 1. The Morgan fingerprint density at radius 1 is 1.19 bits per heavy atom. The highest BCUT2D eigenvalue weighted by Gasteiger charge is 2.41. The molecule has 26 heavy (non-hydrogen) atoms. The predicted molar refractivity (Wildman–Crippen MR) is 99.0 cm³/mol. The number of hydrogen-bond acceptors (Lipinski definition) is 5. The third-order valence-corrected chi connectivity index (χ3v) is 5.45. The molecule has 1 aromatic carbocycles. The first-order valence-corrected chi connectivity index (χ1v) is 9.27. The number of carbonyl (C=O) groups is 1. The van der Waals surface area contributed by atoms with Crippen molar-refractivity contribution in [2.24, 2.45) is 11.8 Å². The molecule has 6 nitrogen and oxygen atoms in total. The fourth-order valence-electron chi connectivity index (χ4n) is 4.15. The first kappa shape index (κ1) is 16.8. The van der Waals surface area contributed by atoms with Gasteiger partial charge in [0.1, 0.15) is 5.75 Å². The van der Waals surface area contributed by atoms with Crippen molar-refractivity contribution in [3.05, 3.63) is 42.6 Å². The Bertz CT molecular complexity index is 767. The van der Waals surface area contributed by atoms with Crippen LogP contribution in [0, 0.1) is 11.8 Å². The lowest BCUT2D eigenvalue weighted by Crippen LogP contribution is -2.38. The summed E-state index contributed by atoms with van der Waals surface area (Å²) in [6.07, 6.45) is 5.17. The highest BCUT2D eigenvalue weighted by atomic mass is 16.5. The van der Waals surface area contributed by atoms with Crippen molar-refractivity contribution in [1.29, 1.82) is 0 Å². The molecule has 1 N–H and O–H groups in total. The van der Waals surface area contributed by atoms with E-state index in [1.807, 2.05) is 35.2 Å². The maximum Gasteiger partial charge on any atom is 0.226 e. The van der Waals surface area contributed by atoms with Crippen LogP contribution in [0.3, 0.4) is 0 Å². The number of nitrogens with zero attached hydrogens (tertiary/aromatic N) is 3. The normalized spacial score (nSPS) is 24.8. The van der Waals surface area contributed by atoms with Gasteiger partial charge in [0.2, 0.25) is 17.7 Å². The molecule has 6 heteroatoms. The Labute approximate surface area is 153 Å². The Kier molecular flexibility index (Phi) is 4.73. The Morgan fingerprint density at radius 3 is 2.85 bits per heavy atom. The molecule has 2 aromatic rings. The number of anilines is 1. The second kappa shape index (κ2) is 7.32. The quantitative estimate of drug-likeness (QED) is 0.914. The molecule has 1 saturated carbocycles. The predicted octanol–water partition coefficient (Wildman–Crippen LogP) is 3.33. The van der Waals surface area contributed by atoms with Gasteiger partial charge in [-0.15, -0.1) is 0 Å². The van der Waals surface area contributed by atoms with Gasteiger partial charge in [-0.05, 0) is 30.9 Å². The number of amides is 1. The van der Waals surface area contributed by atoms with Gasteiger partial charge in [0.05, 0.1) is 0 Å². The van der Waals surface area contributed by atoms with Crippen molar-refractivity contribution in [3.8, 4) is 11.6 Å². The van der Waals surface area contributed by atoms with E-state index in [0.29, 0.717) is 29.7 Å². The van der Waals surface area contributed by atoms with Crippen molar-refractivity contribution in [1.82, 2.24) is 14.9 Å². The van der Waals surface area contributed by atoms with Crippen LogP contribution in [0.4, 0.5) is 5.95 Å². The minimum absolute atomic E-state index is 0.174. The summed E-state index contributed by atoms with van der Waals surface area (Å²) in [4.78, 5) is 22.6. The molecule has 1 saturated heterocycles. The van der Waals surface area contributed by atoms with Crippen molar-refractivity contribution in [2.45, 2.75) is 32.2 Å². The van der Waals surface area contributed by atoms with Gasteiger partial charge >= 0.3 is 0 Å². The largest absolute Gasteiger partial charge is 0.439 e. The molecule has 1 aromatic heterocycles. The van der Waals surface area contributed by atoms with Crippen LogP contribution in [0.2, 0.25) is 0 Å². The van der Waals surface area contributed by atoms with Crippen molar-refractivity contribution < 1.29 is 9.53 Å². The van der Waals surface area contributed by atoms with Crippen molar-refractivity contribution >= 4 is 11.9 Å². The summed E-state index contributed by atoms with van der Waals surface area (Å²) >= 11 is 0. The maximum atomic E-state index is 11.7. The zero-order valence-corrected chi connectivity index (χ0v) is 15.0. The molecule has 136 valence electrons. The van der Waals surface area contributed by atoms with Gasteiger partial charge in [-0.3, -0.25) is 4.79 Å². The molecule has 2 aliphatic rings. The van der Waals surface area contributed by atoms with Gasteiger partial charge in [0.25, 0.3) is 0 Å². The van der Waals surface area contributed by atoms with E-state index >= 15 is 0 Å². The summed E-state index contributed by atoms with van der Waals surface area (Å²) < 4.78 is 5.80. The number of hydrogen-bond donors (Lipinski definition) is 1. The number of ether oxygens (including phenoxy) is 1. The van der Waals surface area contributed by atoms with Gasteiger partial charge in [0.15, 0.2) is 0 Å². The molecule has 1 aliphatic carbocycles. The maximum absolute atomic E-state index is 11.7. The zero-order valence-electron chi connectivity index (χ0n) is 15.0. The average Bonchev–Trinajstić information content (AvgIpc) is 3.09. The summed E-state index contributed by atoms with van der Waals surface area (Å²) in [6.45, 7) is 3.38. The van der Waals surface area contributed by atoms with Crippen LogP contribution in [0.15, 0.2) is 42.6 Å². The van der Waals surface area contributed by atoms with E-state index in [9.17, 15) is 4.79 Å². The van der Waals surface area contributed by atoms with E-state index < -0.39 is 0 Å². The molecular weight excluding hydrogens is 328 g/mol. The van der Waals surface area contributed by atoms with Crippen molar-refractivity contribution in [2.75, 3.05) is 18.4 Å². The molecule has 0 bridgehead atoms. The standard InChI is InChI=1S/C20H24N4O2/c1-14(25)24-12-15-6-5-9-18(17(15)13-24)22-20-21-11-10-19(23-20)26-16-7-3-2-4-8-16/h2-4,7-8,10-11,15,17-18H,5-6,9,12-13H2,1H3,(H,21,22,23). The smallest absolute Gasteiger partial charge is 0.226 e. The van der Waals surface area contributed by atoms with Gasteiger partial charge in [-0.25, -0.2) is 4.98 Å². The van der Waals surface area contributed by atoms with E-state index in [2.05, 4.69) is 15.3 Å². The highest BCUT2D eigenvalue weighted by Crippen LogP contribution is 2.37. The Balaban J connectivity index is 1.45. The summed E-state index contributed by atoms with van der Waals surface area (Å²) in [5, 5.41) is 3.50. The Hall–Kier alpha value is -2.63. The molecule has 2 heterocycles. The van der Waals surface area contributed by atoms with E-state index in [-0.39, 0.29) is 5.91 Å². The summed E-state index contributed by atoms with van der Waals surface area (Å²) in [7, 11) is 0. The van der Waals surface area contributed by atoms with Gasteiger partial charge in [-0.1, -0.05) is 24.6 Å². The molecule has 3 unspecified atom stereocenters. The molecule has 2 fully saturated rings. The lowest BCUT2D eigenvalue weighted by Gasteiger charge is -2.33. The number of benzene rings is 1. The minimum Gasteiger partial charge on any atom is -0.439 e. The molecule has 3 atom stereocenters. The lowest BCUT2D eigenvalue weighted by molar-refractivity contribution is -0.128.